The summed E-state index contributed by atoms with van der Waals surface area (Å²) >= 11 is 5.26. The third-order valence-corrected chi connectivity index (χ3v) is 3.76. The van der Waals surface area contributed by atoms with E-state index >= 15 is 0 Å². The minimum Gasteiger partial charge on any atom is -0.350 e. The first-order valence-electron chi connectivity index (χ1n) is 10.7. The van der Waals surface area contributed by atoms with Gasteiger partial charge in [-0.3, -0.25) is 15.2 Å². The molecule has 0 saturated heterocycles. The Hall–Kier alpha value is -2.99. The molecule has 1 aromatic heterocycles. The van der Waals surface area contributed by atoms with Gasteiger partial charge < -0.3 is 5.32 Å². The second-order valence-corrected chi connectivity index (χ2v) is 5.87. The van der Waals surface area contributed by atoms with Crippen LogP contribution in [0, 0.1) is 0 Å². The molecule has 1 aromatic carbocycles. The molecule has 0 fully saturated rings. The molecule has 1 atom stereocenters. The number of hydrogen-bond donors (Lipinski definition) is 3. The maximum Gasteiger partial charge on any atom is 0.257 e. The molecule has 3 N–H and O–H groups in total. The normalized spacial score (nSPS) is 14.7. The lowest BCUT2D eigenvalue weighted by Gasteiger charge is -2.25. The van der Waals surface area contributed by atoms with Gasteiger partial charge in [0.05, 0.1) is 17.4 Å². The van der Waals surface area contributed by atoms with Crippen molar-refractivity contribution >= 4 is 35.4 Å². The summed E-state index contributed by atoms with van der Waals surface area (Å²) in [5.74, 6) is -0.234. The Morgan fingerprint density at radius 3 is 2.13 bits per heavy atom. The molecule has 0 radical (unpaired) electrons. The summed E-state index contributed by atoms with van der Waals surface area (Å²) in [4.78, 5) is 12.1. The van der Waals surface area contributed by atoms with Gasteiger partial charge in [-0.15, -0.1) is 13.2 Å². The first-order chi connectivity index (χ1) is 15.1. The molecule has 0 bridgehead atoms. The Labute approximate surface area is 193 Å². The molecule has 1 unspecified atom stereocenters. The van der Waals surface area contributed by atoms with Gasteiger partial charge in [-0.1, -0.05) is 78.0 Å². The molecule has 0 saturated carbocycles. The minimum atomic E-state index is -0.499. The van der Waals surface area contributed by atoms with Crippen molar-refractivity contribution in [2.75, 3.05) is 0 Å². The van der Waals surface area contributed by atoms with Gasteiger partial charge in [0, 0.05) is 11.1 Å². The maximum atomic E-state index is 12.1. The van der Waals surface area contributed by atoms with E-state index in [1.807, 2.05) is 91.0 Å². The fourth-order valence-electron chi connectivity index (χ4n) is 2.27. The molecule has 3 rings (SSSR count). The largest absolute Gasteiger partial charge is 0.350 e. The molecule has 1 aliphatic carbocycles. The van der Waals surface area contributed by atoms with Crippen LogP contribution in [0.5, 0.6) is 0 Å². The van der Waals surface area contributed by atoms with Crippen molar-refractivity contribution in [3.63, 3.8) is 0 Å². The number of amides is 1. The van der Waals surface area contributed by atoms with E-state index in [0.29, 0.717) is 5.56 Å². The molecule has 170 valence electrons. The minimum absolute atomic E-state index is 0.234. The average Bonchev–Trinajstić information content (AvgIpc) is 3.24. The van der Waals surface area contributed by atoms with E-state index in [2.05, 4.69) is 34.0 Å². The van der Waals surface area contributed by atoms with Crippen molar-refractivity contribution in [3.05, 3.63) is 78.7 Å². The second-order valence-electron chi connectivity index (χ2n) is 5.46. The Balaban J connectivity index is 0. The molecular weight excluding hydrogens is 404 g/mol. The summed E-state index contributed by atoms with van der Waals surface area (Å²) in [6, 6.07) is 8.96. The maximum absolute atomic E-state index is 12.1. The van der Waals surface area contributed by atoms with Crippen LogP contribution in [0.1, 0.15) is 70.1 Å². The topological polar surface area (TPSA) is 69.8 Å². The number of hydrogen-bond acceptors (Lipinski definition) is 3. The van der Waals surface area contributed by atoms with E-state index in [1.54, 1.807) is 18.3 Å². The number of thiocarbonyl (C=S) groups is 1. The molecule has 6 heteroatoms. The fraction of sp³-hybridized carbons (Fsp3) is 0.320. The first-order valence-corrected chi connectivity index (χ1v) is 11.1. The van der Waals surface area contributed by atoms with E-state index in [-0.39, 0.29) is 11.0 Å². The van der Waals surface area contributed by atoms with E-state index in [4.69, 9.17) is 12.2 Å². The number of carbonyl (C=O) groups excluding carboxylic acids is 1. The predicted molar refractivity (Wildman–Crippen MR) is 140 cm³/mol. The average molecular weight is 443 g/mol. The van der Waals surface area contributed by atoms with Crippen LogP contribution in [0.3, 0.4) is 0 Å². The van der Waals surface area contributed by atoms with Crippen LogP contribution < -0.4 is 10.6 Å². The van der Waals surface area contributed by atoms with Gasteiger partial charge in [-0.2, -0.15) is 5.10 Å². The van der Waals surface area contributed by atoms with Crippen LogP contribution in [0.25, 0.3) is 12.2 Å². The molecule has 5 nitrogen and oxygen atoms in total. The molecule has 1 amide bonds. The monoisotopic (exact) mass is 442 g/mol. The van der Waals surface area contributed by atoms with Gasteiger partial charge in [0.25, 0.3) is 5.91 Å². The smallest absolute Gasteiger partial charge is 0.257 e. The van der Waals surface area contributed by atoms with Crippen molar-refractivity contribution in [1.29, 1.82) is 0 Å². The van der Waals surface area contributed by atoms with Crippen LogP contribution in [-0.4, -0.2) is 26.8 Å². The SMILES string of the molecule is C=C.CC.CC.CC.CC1(NC(=S)NC(=O)c2ccccc2)C=Cc2cn[nH]c2C=C1. The predicted octanol–water partition coefficient (Wildman–Crippen LogP) is 6.39. The number of aromatic amines is 1. The highest BCUT2D eigenvalue weighted by atomic mass is 32.1. The van der Waals surface area contributed by atoms with E-state index in [0.717, 1.165) is 11.3 Å². The van der Waals surface area contributed by atoms with Crippen LogP contribution >= 0.6 is 12.2 Å². The number of benzene rings is 1. The second kappa shape index (κ2) is 17.8. The van der Waals surface area contributed by atoms with Gasteiger partial charge in [0.2, 0.25) is 0 Å². The summed E-state index contributed by atoms with van der Waals surface area (Å²) in [5.41, 5.74) is 2.01. The summed E-state index contributed by atoms with van der Waals surface area (Å²) in [6.07, 6.45) is 9.61. The number of rotatable bonds is 2. The van der Waals surface area contributed by atoms with Gasteiger partial charge in [-0.25, -0.2) is 0 Å². The number of fused-ring (bicyclic) bond motifs is 1. The quantitative estimate of drug-likeness (QED) is 0.372. The van der Waals surface area contributed by atoms with Crippen LogP contribution in [0.2, 0.25) is 0 Å². The van der Waals surface area contributed by atoms with Crippen molar-refractivity contribution in [3.8, 4) is 0 Å². The standard InChI is InChI=1S/C17H16N4OS.3C2H6.C2H4/c1-17(9-7-13-11-18-21-14(13)8-10-17)20-16(23)19-15(22)12-5-3-2-4-6-12;4*1-2/h2-11H,1H3,(H,18,21)(H2,19,20,22,23);3*1-2H3;1-2H2. The lowest BCUT2D eigenvalue weighted by molar-refractivity contribution is 0.0976. The molecule has 1 aliphatic rings. The first kappa shape index (κ1) is 30.2. The summed E-state index contributed by atoms with van der Waals surface area (Å²) in [7, 11) is 0. The fourth-order valence-corrected chi connectivity index (χ4v) is 2.58. The van der Waals surface area contributed by atoms with E-state index in [1.165, 1.54) is 0 Å². The molecule has 1 heterocycles. The Morgan fingerprint density at radius 2 is 1.55 bits per heavy atom. The van der Waals surface area contributed by atoms with Gasteiger partial charge in [-0.05, 0) is 37.4 Å². The highest BCUT2D eigenvalue weighted by Gasteiger charge is 2.21. The zero-order chi connectivity index (χ0) is 24.3. The van der Waals surface area contributed by atoms with Crippen molar-refractivity contribution in [2.45, 2.75) is 54.0 Å². The van der Waals surface area contributed by atoms with Crippen molar-refractivity contribution in [1.82, 2.24) is 20.8 Å². The summed E-state index contributed by atoms with van der Waals surface area (Å²) < 4.78 is 0. The number of carbonyl (C=O) groups is 1. The van der Waals surface area contributed by atoms with Gasteiger partial charge >= 0.3 is 0 Å². The number of nitrogens with zero attached hydrogens (tertiary/aromatic N) is 1. The highest BCUT2D eigenvalue weighted by molar-refractivity contribution is 7.80. The number of H-pyrrole nitrogens is 1. The van der Waals surface area contributed by atoms with Crippen molar-refractivity contribution in [2.24, 2.45) is 0 Å². The molecule has 0 spiro atoms. The van der Waals surface area contributed by atoms with Crippen LogP contribution in [-0.2, 0) is 0 Å². The summed E-state index contributed by atoms with van der Waals surface area (Å²) in [5, 5.41) is 13.0. The van der Waals surface area contributed by atoms with Crippen molar-refractivity contribution < 1.29 is 4.79 Å². The number of aromatic nitrogens is 2. The highest BCUT2D eigenvalue weighted by Crippen LogP contribution is 2.20. The molecule has 0 aliphatic heterocycles. The van der Waals surface area contributed by atoms with E-state index < -0.39 is 5.54 Å². The lowest BCUT2D eigenvalue weighted by atomic mass is 10.0. The zero-order valence-electron chi connectivity index (χ0n) is 20.0. The molecule has 2 aromatic rings. The Kier molecular flexibility index (Phi) is 17.4. The molecule has 31 heavy (non-hydrogen) atoms. The third kappa shape index (κ3) is 10.6. The summed E-state index contributed by atoms with van der Waals surface area (Å²) in [6.45, 7) is 20.0. The third-order valence-electron chi connectivity index (χ3n) is 3.55. The Bertz CT molecular complexity index is 781. The Morgan fingerprint density at radius 1 is 1.00 bits per heavy atom. The van der Waals surface area contributed by atoms with Gasteiger partial charge in [0.15, 0.2) is 5.11 Å². The van der Waals surface area contributed by atoms with Crippen LogP contribution in [0.4, 0.5) is 0 Å². The van der Waals surface area contributed by atoms with Crippen LogP contribution in [0.15, 0.2) is 61.8 Å². The molecular formula is C25H38N4OS. The van der Waals surface area contributed by atoms with E-state index in [9.17, 15) is 4.79 Å². The number of nitrogens with one attached hydrogen (secondary N) is 3. The van der Waals surface area contributed by atoms with Gasteiger partial charge in [0.1, 0.15) is 0 Å². The lowest BCUT2D eigenvalue weighted by Crippen LogP contribution is -2.49. The zero-order valence-corrected chi connectivity index (χ0v) is 20.8.